The molecule has 0 aliphatic carbocycles. The van der Waals surface area contributed by atoms with Gasteiger partial charge in [0.2, 0.25) is 0 Å². The highest BCUT2D eigenvalue weighted by atomic mass is 15.1. The molecule has 0 bridgehead atoms. The van der Waals surface area contributed by atoms with E-state index in [1.807, 2.05) is 37.0 Å². The van der Waals surface area contributed by atoms with Crippen molar-refractivity contribution in [3.63, 3.8) is 0 Å². The molecule has 3 heteroatoms. The minimum absolute atomic E-state index is 1.14. The third-order valence-corrected chi connectivity index (χ3v) is 1.20. The van der Waals surface area contributed by atoms with Gasteiger partial charge in [0.15, 0.2) is 0 Å². The zero-order valence-corrected chi connectivity index (χ0v) is 8.17. The number of nitrogens with two attached hydrogens (primary N) is 1. The Morgan fingerprint density at radius 1 is 1.42 bits per heavy atom. The van der Waals surface area contributed by atoms with Crippen molar-refractivity contribution < 1.29 is 0 Å². The highest BCUT2D eigenvalue weighted by Crippen LogP contribution is 2.02. The number of nitrogens with one attached hydrogen (secondary N) is 1. The minimum atomic E-state index is 1.14. The van der Waals surface area contributed by atoms with Crippen molar-refractivity contribution in [1.29, 1.82) is 0 Å². The Hall–Kier alpha value is -1.22. The van der Waals surface area contributed by atoms with E-state index in [-0.39, 0.29) is 0 Å². The molecule has 1 aromatic heterocycles. The van der Waals surface area contributed by atoms with Crippen molar-refractivity contribution in [2.45, 2.75) is 0 Å². The molecular formula is C9H19N3. The number of hydrogen-bond acceptors (Lipinski definition) is 2. The van der Waals surface area contributed by atoms with E-state index < -0.39 is 0 Å². The second kappa shape index (κ2) is 9.78. The molecule has 0 atom stereocenters. The zero-order valence-electron chi connectivity index (χ0n) is 8.17. The summed E-state index contributed by atoms with van der Waals surface area (Å²) in [5.41, 5.74) is 4.50. The molecule has 0 aromatic carbocycles. The molecule has 0 saturated carbocycles. The molecular weight excluding hydrogens is 150 g/mol. The molecule has 0 aliphatic heterocycles. The normalized spacial score (nSPS) is 7.00. The maximum atomic E-state index is 4.50. The lowest BCUT2D eigenvalue weighted by molar-refractivity contribution is 0.932. The van der Waals surface area contributed by atoms with Crippen molar-refractivity contribution >= 4 is 5.82 Å². The first-order chi connectivity index (χ1) is 5.84. The number of rotatable bonds is 1. The lowest BCUT2D eigenvalue weighted by Crippen LogP contribution is -1.94. The van der Waals surface area contributed by atoms with E-state index in [1.54, 1.807) is 0 Å². The van der Waals surface area contributed by atoms with Crippen LogP contribution in [0.2, 0.25) is 0 Å². The summed E-state index contributed by atoms with van der Waals surface area (Å²) in [6.07, 6.45) is 2.01. The Morgan fingerprint density at radius 3 is 2.08 bits per heavy atom. The van der Waals surface area contributed by atoms with Gasteiger partial charge in [0.05, 0.1) is 0 Å². The quantitative estimate of drug-likeness (QED) is 0.625. The summed E-state index contributed by atoms with van der Waals surface area (Å²) in [4.78, 5) is 0. The lowest BCUT2D eigenvalue weighted by Gasteiger charge is -1.98. The molecule has 1 aromatic rings. The fourth-order valence-corrected chi connectivity index (χ4v) is 0.721. The molecule has 12 heavy (non-hydrogen) atoms. The van der Waals surface area contributed by atoms with Gasteiger partial charge in [-0.05, 0) is 19.2 Å². The maximum absolute atomic E-state index is 4.50. The van der Waals surface area contributed by atoms with E-state index in [1.165, 1.54) is 7.05 Å². The van der Waals surface area contributed by atoms with Gasteiger partial charge < -0.3 is 15.6 Å². The van der Waals surface area contributed by atoms with Crippen LogP contribution < -0.4 is 11.1 Å². The standard InChI is InChI=1S/C6H10N2.C2H4.CH5N/c1-7-6-4-3-5-8(6)2;2*1-2/h3-5,7H,1-2H3;1-2H2;2H2,1H3. The Kier molecular flexibility index (Phi) is 10.9. The van der Waals surface area contributed by atoms with Gasteiger partial charge in [-0.2, -0.15) is 0 Å². The van der Waals surface area contributed by atoms with Gasteiger partial charge in [0.25, 0.3) is 0 Å². The fourth-order valence-electron chi connectivity index (χ4n) is 0.721. The predicted octanol–water partition coefficient (Wildman–Crippen LogP) is 1.44. The highest BCUT2D eigenvalue weighted by Gasteiger charge is 1.87. The van der Waals surface area contributed by atoms with Gasteiger partial charge >= 0.3 is 0 Å². The molecule has 3 N–H and O–H groups in total. The summed E-state index contributed by atoms with van der Waals surface area (Å²) in [7, 11) is 5.42. The Balaban J connectivity index is 0. The Morgan fingerprint density at radius 2 is 1.92 bits per heavy atom. The molecule has 0 fully saturated rings. The third-order valence-electron chi connectivity index (χ3n) is 1.20. The van der Waals surface area contributed by atoms with Crippen LogP contribution in [0.4, 0.5) is 5.82 Å². The molecule has 70 valence electrons. The van der Waals surface area contributed by atoms with Crippen molar-refractivity contribution in [2.75, 3.05) is 19.4 Å². The SMILES string of the molecule is C=C.CN.CNc1cccn1C. The van der Waals surface area contributed by atoms with Crippen LogP contribution in [0.15, 0.2) is 31.5 Å². The van der Waals surface area contributed by atoms with Crippen molar-refractivity contribution in [3.05, 3.63) is 31.5 Å². The number of aromatic nitrogens is 1. The van der Waals surface area contributed by atoms with E-state index in [4.69, 9.17) is 0 Å². The van der Waals surface area contributed by atoms with Crippen LogP contribution in [-0.2, 0) is 7.05 Å². The first kappa shape index (κ1) is 13.4. The lowest BCUT2D eigenvalue weighted by atomic mass is 10.6. The smallest absolute Gasteiger partial charge is 0.105 e. The van der Waals surface area contributed by atoms with Gasteiger partial charge in [-0.3, -0.25) is 0 Å². The van der Waals surface area contributed by atoms with E-state index in [9.17, 15) is 0 Å². The maximum Gasteiger partial charge on any atom is 0.105 e. The largest absolute Gasteiger partial charge is 0.375 e. The molecule has 0 radical (unpaired) electrons. The second-order valence-electron chi connectivity index (χ2n) is 1.75. The number of nitrogens with zero attached hydrogens (tertiary/aromatic N) is 1. The number of anilines is 1. The van der Waals surface area contributed by atoms with Gasteiger partial charge in [-0.25, -0.2) is 0 Å². The highest BCUT2D eigenvalue weighted by molar-refractivity contribution is 5.34. The van der Waals surface area contributed by atoms with Crippen molar-refractivity contribution in [3.8, 4) is 0 Å². The van der Waals surface area contributed by atoms with Crippen molar-refractivity contribution in [2.24, 2.45) is 12.8 Å². The van der Waals surface area contributed by atoms with Crippen LogP contribution in [0.5, 0.6) is 0 Å². The Bertz CT molecular complexity index is 182. The van der Waals surface area contributed by atoms with Gasteiger partial charge in [0.1, 0.15) is 5.82 Å². The fraction of sp³-hybridized carbons (Fsp3) is 0.333. The molecule has 1 heterocycles. The predicted molar refractivity (Wildman–Crippen MR) is 56.3 cm³/mol. The number of hydrogen-bond donors (Lipinski definition) is 2. The molecule has 1 rings (SSSR count). The summed E-state index contributed by atoms with van der Waals surface area (Å²) in [5, 5.41) is 3.04. The van der Waals surface area contributed by atoms with E-state index in [2.05, 4.69) is 24.2 Å². The molecule has 0 spiro atoms. The van der Waals surface area contributed by atoms with Crippen LogP contribution in [0.25, 0.3) is 0 Å². The average Bonchev–Trinajstić information content (AvgIpc) is 2.58. The summed E-state index contributed by atoms with van der Waals surface area (Å²) >= 11 is 0. The summed E-state index contributed by atoms with van der Waals surface area (Å²) in [6.45, 7) is 6.00. The van der Waals surface area contributed by atoms with Crippen LogP contribution >= 0.6 is 0 Å². The molecule has 0 unspecified atom stereocenters. The first-order valence-corrected chi connectivity index (χ1v) is 3.71. The monoisotopic (exact) mass is 169 g/mol. The van der Waals surface area contributed by atoms with E-state index in [0.717, 1.165) is 5.82 Å². The first-order valence-electron chi connectivity index (χ1n) is 3.71. The van der Waals surface area contributed by atoms with Gasteiger partial charge in [0, 0.05) is 20.3 Å². The second-order valence-corrected chi connectivity index (χ2v) is 1.75. The molecule has 0 aliphatic rings. The molecule has 0 saturated heterocycles. The Labute approximate surface area is 74.9 Å². The topological polar surface area (TPSA) is 43.0 Å². The van der Waals surface area contributed by atoms with Crippen molar-refractivity contribution in [1.82, 2.24) is 4.57 Å². The average molecular weight is 169 g/mol. The van der Waals surface area contributed by atoms with Crippen LogP contribution in [-0.4, -0.2) is 18.7 Å². The zero-order chi connectivity index (χ0) is 9.98. The van der Waals surface area contributed by atoms with Crippen LogP contribution in [0, 0.1) is 0 Å². The molecule has 0 amide bonds. The number of aryl methyl sites for hydroxylation is 1. The summed E-state index contributed by atoms with van der Waals surface area (Å²) < 4.78 is 2.03. The van der Waals surface area contributed by atoms with Gasteiger partial charge in [-0.1, -0.05) is 0 Å². The summed E-state index contributed by atoms with van der Waals surface area (Å²) in [5.74, 6) is 1.14. The minimum Gasteiger partial charge on any atom is -0.375 e. The molecule has 3 nitrogen and oxygen atoms in total. The van der Waals surface area contributed by atoms with Crippen LogP contribution in [0.1, 0.15) is 0 Å². The third kappa shape index (κ3) is 4.57. The van der Waals surface area contributed by atoms with Crippen LogP contribution in [0.3, 0.4) is 0 Å². The summed E-state index contributed by atoms with van der Waals surface area (Å²) in [6, 6.07) is 4.03. The van der Waals surface area contributed by atoms with E-state index >= 15 is 0 Å². The van der Waals surface area contributed by atoms with Gasteiger partial charge in [-0.15, -0.1) is 13.2 Å². The van der Waals surface area contributed by atoms with E-state index in [0.29, 0.717) is 0 Å².